The first-order valence-electron chi connectivity index (χ1n) is 8.70. The first-order valence-corrected chi connectivity index (χ1v) is 8.70. The van der Waals surface area contributed by atoms with Gasteiger partial charge in [0.1, 0.15) is 0 Å². The van der Waals surface area contributed by atoms with Gasteiger partial charge in [0.2, 0.25) is 0 Å². The second-order valence-electron chi connectivity index (χ2n) is 7.96. The summed E-state index contributed by atoms with van der Waals surface area (Å²) in [7, 11) is 0. The van der Waals surface area contributed by atoms with Gasteiger partial charge in [0.15, 0.2) is 0 Å². The van der Waals surface area contributed by atoms with Crippen molar-refractivity contribution in [1.29, 1.82) is 0 Å². The van der Waals surface area contributed by atoms with Gasteiger partial charge in [-0.25, -0.2) is 4.79 Å². The third-order valence-electron chi connectivity index (χ3n) is 5.24. The molecule has 134 valence electrons. The van der Waals surface area contributed by atoms with Crippen LogP contribution < -0.4 is 10.6 Å². The highest BCUT2D eigenvalue weighted by molar-refractivity contribution is 5.75. The van der Waals surface area contributed by atoms with Gasteiger partial charge >= 0.3 is 6.03 Å². The molecule has 6 heteroatoms. The van der Waals surface area contributed by atoms with Gasteiger partial charge in [0, 0.05) is 31.8 Å². The van der Waals surface area contributed by atoms with Gasteiger partial charge in [-0.05, 0) is 48.0 Å². The fraction of sp³-hybridized carbons (Fsp3) is 0.941. The van der Waals surface area contributed by atoms with E-state index in [0.717, 1.165) is 19.5 Å². The van der Waals surface area contributed by atoms with Crippen LogP contribution in [0.3, 0.4) is 0 Å². The lowest BCUT2D eigenvalue weighted by Crippen LogP contribution is -2.61. The molecule has 0 bridgehead atoms. The number of hydrogen-bond acceptors (Lipinski definition) is 4. The summed E-state index contributed by atoms with van der Waals surface area (Å²) in [4.78, 5) is 14.7. The summed E-state index contributed by atoms with van der Waals surface area (Å²) >= 11 is 0. The van der Waals surface area contributed by atoms with Gasteiger partial charge in [-0.1, -0.05) is 0 Å². The minimum Gasteiger partial charge on any atom is -0.376 e. The molecule has 4 atom stereocenters. The van der Waals surface area contributed by atoms with E-state index in [1.165, 1.54) is 0 Å². The number of nitrogens with one attached hydrogen (secondary N) is 2. The van der Waals surface area contributed by atoms with E-state index in [4.69, 9.17) is 9.47 Å². The lowest BCUT2D eigenvalue weighted by molar-refractivity contribution is -0.0948. The van der Waals surface area contributed by atoms with E-state index in [2.05, 4.69) is 43.2 Å². The molecule has 2 heterocycles. The average molecular weight is 327 g/mol. The van der Waals surface area contributed by atoms with Crippen molar-refractivity contribution in [2.24, 2.45) is 0 Å². The van der Waals surface area contributed by atoms with Crippen LogP contribution in [-0.4, -0.2) is 66.6 Å². The number of carbonyl (C=O) groups is 1. The molecule has 6 nitrogen and oxygen atoms in total. The summed E-state index contributed by atoms with van der Waals surface area (Å²) in [6.45, 7) is 15.7. The molecule has 2 amide bonds. The van der Waals surface area contributed by atoms with Crippen LogP contribution in [0, 0.1) is 0 Å². The van der Waals surface area contributed by atoms with Crippen molar-refractivity contribution in [1.82, 2.24) is 15.5 Å². The predicted molar refractivity (Wildman–Crippen MR) is 90.6 cm³/mol. The topological polar surface area (TPSA) is 62.8 Å². The zero-order chi connectivity index (χ0) is 17.3. The van der Waals surface area contributed by atoms with E-state index in [9.17, 15) is 4.79 Å². The van der Waals surface area contributed by atoms with E-state index < -0.39 is 0 Å². The Morgan fingerprint density at radius 3 is 2.39 bits per heavy atom. The zero-order valence-electron chi connectivity index (χ0n) is 15.4. The molecular weight excluding hydrogens is 294 g/mol. The van der Waals surface area contributed by atoms with Gasteiger partial charge in [-0.2, -0.15) is 0 Å². The molecule has 0 aromatic rings. The second-order valence-corrected chi connectivity index (χ2v) is 7.96. The lowest BCUT2D eigenvalue weighted by atomic mass is 9.95. The summed E-state index contributed by atoms with van der Waals surface area (Å²) in [6, 6.07) is -0.118. The summed E-state index contributed by atoms with van der Waals surface area (Å²) in [5, 5.41) is 6.11. The van der Waals surface area contributed by atoms with Crippen molar-refractivity contribution < 1.29 is 14.3 Å². The number of ether oxygens (including phenoxy) is 2. The van der Waals surface area contributed by atoms with Gasteiger partial charge in [-0.15, -0.1) is 0 Å². The molecule has 0 radical (unpaired) electrons. The monoisotopic (exact) mass is 327 g/mol. The summed E-state index contributed by atoms with van der Waals surface area (Å²) < 4.78 is 11.4. The average Bonchev–Trinajstić information content (AvgIpc) is 2.75. The molecule has 0 aromatic heterocycles. The normalized spacial score (nSPS) is 36.0. The van der Waals surface area contributed by atoms with E-state index in [1.807, 2.05) is 13.8 Å². The first kappa shape index (κ1) is 18.5. The molecule has 2 aliphatic heterocycles. The third-order valence-corrected chi connectivity index (χ3v) is 5.24. The van der Waals surface area contributed by atoms with Crippen LogP contribution in [-0.2, 0) is 9.47 Å². The number of nitrogens with zero attached hydrogens (tertiary/aromatic N) is 1. The highest BCUT2D eigenvalue weighted by atomic mass is 16.5. The Morgan fingerprint density at radius 1 is 1.26 bits per heavy atom. The first-order chi connectivity index (χ1) is 10.6. The van der Waals surface area contributed by atoms with Crippen molar-refractivity contribution >= 4 is 6.03 Å². The van der Waals surface area contributed by atoms with Crippen LogP contribution in [0.5, 0.6) is 0 Å². The molecule has 0 aromatic carbocycles. The number of urea groups is 1. The van der Waals surface area contributed by atoms with Crippen LogP contribution in [0.1, 0.15) is 48.0 Å². The summed E-state index contributed by atoms with van der Waals surface area (Å²) in [5.74, 6) is 0. The predicted octanol–water partition coefficient (Wildman–Crippen LogP) is 1.74. The molecule has 2 fully saturated rings. The standard InChI is InChI=1S/C17H33N3O3/c1-12-9-20(10-13(2)23-12)16(4,5)11-18-15(21)19-17(6)7-8-22-14(17)3/h12-14H,7-11H2,1-6H3,(H2,18,19,21)/t12-,13-,14-,17-/m1/s1. The number of amides is 2. The maximum absolute atomic E-state index is 12.3. The molecule has 0 spiro atoms. The molecular formula is C17H33N3O3. The van der Waals surface area contributed by atoms with Crippen molar-refractivity contribution in [2.45, 2.75) is 77.4 Å². The Labute approximate surface area is 140 Å². The molecule has 0 saturated carbocycles. The van der Waals surface area contributed by atoms with Crippen molar-refractivity contribution in [3.63, 3.8) is 0 Å². The Kier molecular flexibility index (Phi) is 5.59. The van der Waals surface area contributed by atoms with Crippen LogP contribution in [0.15, 0.2) is 0 Å². The smallest absolute Gasteiger partial charge is 0.315 e. The SMILES string of the molecule is C[C@@H]1CN(C(C)(C)CNC(=O)N[C@]2(C)CCO[C@@H]2C)C[C@@H](C)O1. The van der Waals surface area contributed by atoms with E-state index in [0.29, 0.717) is 13.2 Å². The highest BCUT2D eigenvalue weighted by Gasteiger charge is 2.39. The number of hydrogen-bond donors (Lipinski definition) is 2. The van der Waals surface area contributed by atoms with Crippen molar-refractivity contribution in [3.8, 4) is 0 Å². The minimum atomic E-state index is -0.282. The molecule has 2 rings (SSSR count). The highest BCUT2D eigenvalue weighted by Crippen LogP contribution is 2.25. The van der Waals surface area contributed by atoms with Crippen LogP contribution in [0.2, 0.25) is 0 Å². The summed E-state index contributed by atoms with van der Waals surface area (Å²) in [5.41, 5.74) is -0.390. The van der Waals surface area contributed by atoms with E-state index in [-0.39, 0.29) is 35.4 Å². The Bertz CT molecular complexity index is 419. The fourth-order valence-electron chi connectivity index (χ4n) is 3.38. The van der Waals surface area contributed by atoms with Gasteiger partial charge in [0.05, 0.1) is 23.9 Å². The molecule has 2 N–H and O–H groups in total. The van der Waals surface area contributed by atoms with Crippen LogP contribution >= 0.6 is 0 Å². The fourth-order valence-corrected chi connectivity index (χ4v) is 3.38. The quantitative estimate of drug-likeness (QED) is 0.826. The van der Waals surface area contributed by atoms with Crippen LogP contribution in [0.4, 0.5) is 4.79 Å². The Balaban J connectivity index is 1.85. The van der Waals surface area contributed by atoms with Gasteiger partial charge < -0.3 is 20.1 Å². The molecule has 2 aliphatic rings. The molecule has 0 unspecified atom stereocenters. The molecule has 2 saturated heterocycles. The van der Waals surface area contributed by atoms with Gasteiger partial charge in [0.25, 0.3) is 0 Å². The number of rotatable bonds is 4. The Hall–Kier alpha value is -0.850. The second kappa shape index (κ2) is 6.95. The van der Waals surface area contributed by atoms with Crippen molar-refractivity contribution in [2.75, 3.05) is 26.2 Å². The molecule has 23 heavy (non-hydrogen) atoms. The largest absolute Gasteiger partial charge is 0.376 e. The van der Waals surface area contributed by atoms with Crippen LogP contribution in [0.25, 0.3) is 0 Å². The zero-order valence-corrected chi connectivity index (χ0v) is 15.4. The summed E-state index contributed by atoms with van der Waals surface area (Å²) in [6.07, 6.45) is 1.34. The maximum Gasteiger partial charge on any atom is 0.315 e. The Morgan fingerprint density at radius 2 is 1.87 bits per heavy atom. The van der Waals surface area contributed by atoms with E-state index >= 15 is 0 Å². The van der Waals surface area contributed by atoms with E-state index in [1.54, 1.807) is 0 Å². The lowest BCUT2D eigenvalue weighted by Gasteiger charge is -2.45. The maximum atomic E-state index is 12.3. The number of carbonyl (C=O) groups excluding carboxylic acids is 1. The minimum absolute atomic E-state index is 0.0437. The molecule has 0 aliphatic carbocycles. The van der Waals surface area contributed by atoms with Crippen molar-refractivity contribution in [3.05, 3.63) is 0 Å². The number of morpholine rings is 1. The van der Waals surface area contributed by atoms with Gasteiger partial charge in [-0.3, -0.25) is 4.90 Å². The third kappa shape index (κ3) is 4.58.